The van der Waals surface area contributed by atoms with Crippen molar-refractivity contribution in [3.05, 3.63) is 173 Å². The van der Waals surface area contributed by atoms with Gasteiger partial charge in [0, 0.05) is 67.3 Å². The summed E-state index contributed by atoms with van der Waals surface area (Å²) in [4.78, 5) is 147. The number of rotatable bonds is 20. The molecule has 494 valence electrons. The van der Waals surface area contributed by atoms with Crippen LogP contribution < -0.4 is 65.1 Å². The molecule has 1 aromatic heterocycles. The van der Waals surface area contributed by atoms with Gasteiger partial charge in [0.15, 0.2) is 0 Å². The minimum absolute atomic E-state index is 0.0518. The molecule has 93 heavy (non-hydrogen) atoms. The third kappa shape index (κ3) is 21.8. The number of aromatic nitrogens is 1. The first kappa shape index (κ1) is 71.0. The largest absolute Gasteiger partial charge is 0.508 e. The van der Waals surface area contributed by atoms with Crippen molar-refractivity contribution < 1.29 is 63.3 Å². The number of aliphatic hydroxyl groups excluding tert-OH is 1. The summed E-state index contributed by atoms with van der Waals surface area (Å²) in [6, 6.07) is 21.8. The maximum Gasteiger partial charge on any atom is 0.327 e. The highest BCUT2D eigenvalue weighted by Crippen LogP contribution is 2.25. The number of hydrogen-bond donors (Lipinski definition) is 16. The number of carboxylic acids is 1. The lowest BCUT2D eigenvalue weighted by Gasteiger charge is -2.29. The van der Waals surface area contributed by atoms with E-state index in [9.17, 15) is 44.1 Å². The van der Waals surface area contributed by atoms with Gasteiger partial charge in [0.2, 0.25) is 47.3 Å². The predicted octanol–water partition coefficient (Wildman–Crippen LogP) is 0.750. The number of aromatic amines is 1. The molecule has 10 amide bonds. The number of carbonyl (C=O) groups excluding carboxylic acids is 9. The minimum atomic E-state index is -1.77. The Morgan fingerprint density at radius 1 is 0.559 bits per heavy atom. The molecule has 1 aliphatic heterocycles. The predicted molar refractivity (Wildman–Crippen MR) is 351 cm³/mol. The van der Waals surface area contributed by atoms with E-state index in [4.69, 9.17) is 17.2 Å². The Balaban J connectivity index is 1.32. The molecule has 5 aromatic carbocycles. The van der Waals surface area contributed by atoms with Crippen molar-refractivity contribution in [2.75, 3.05) is 18.1 Å². The number of amides is 10. The van der Waals surface area contributed by atoms with E-state index in [1.165, 1.54) is 31.2 Å². The summed E-state index contributed by atoms with van der Waals surface area (Å²) in [7, 11) is 1.77. The number of aromatic hydroxyl groups is 1. The number of aliphatic carboxylic acids is 1. The lowest BCUT2D eigenvalue weighted by atomic mass is 9.99. The Morgan fingerprint density at radius 3 is 1.60 bits per heavy atom. The fourth-order valence-electron chi connectivity index (χ4n) is 10.3. The Morgan fingerprint density at radius 2 is 1.04 bits per heavy atom. The summed E-state index contributed by atoms with van der Waals surface area (Å²) in [5.74, 6) is -9.76. The molecule has 1 fully saturated rings. The zero-order chi connectivity index (χ0) is 67.0. The van der Waals surface area contributed by atoms with Gasteiger partial charge in [0.1, 0.15) is 60.1 Å². The van der Waals surface area contributed by atoms with Crippen LogP contribution in [0.2, 0.25) is 0 Å². The molecule has 26 nitrogen and oxygen atoms in total. The number of aliphatic hydroxyl groups is 1. The summed E-state index contributed by atoms with van der Waals surface area (Å²) in [5.41, 5.74) is 21.5. The second kappa shape index (κ2) is 35.4. The normalized spacial score (nSPS) is 21.7. The molecule has 0 radical (unpaired) electrons. The number of fused-ring (bicyclic) bond motifs is 1. The molecule has 0 aliphatic carbocycles. The third-order valence-corrected chi connectivity index (χ3v) is 17.8. The Hall–Kier alpha value is -9.48. The molecule has 0 saturated carbocycles. The zero-order valence-corrected chi connectivity index (χ0v) is 52.6. The van der Waals surface area contributed by atoms with E-state index in [1.807, 2.05) is 12.1 Å². The van der Waals surface area contributed by atoms with Crippen molar-refractivity contribution in [2.24, 2.45) is 17.2 Å². The van der Waals surface area contributed by atoms with Crippen LogP contribution in [0.4, 0.5) is 4.79 Å². The van der Waals surface area contributed by atoms with Crippen LogP contribution >= 0.6 is 21.6 Å². The average Bonchev–Trinajstić information content (AvgIpc) is 1.86. The van der Waals surface area contributed by atoms with Crippen molar-refractivity contribution in [2.45, 2.75) is 125 Å². The Labute approximate surface area is 544 Å². The number of nitrogens with one attached hydrogen (secondary N) is 10. The van der Waals surface area contributed by atoms with Crippen molar-refractivity contribution in [3.8, 4) is 5.75 Å². The highest BCUT2D eigenvalue weighted by atomic mass is 33.1. The molecule has 1 aliphatic rings. The fraction of sp³-hybridized carbons (Fsp3) is 0.354. The van der Waals surface area contributed by atoms with E-state index in [0.29, 0.717) is 45.1 Å². The number of urea groups is 1. The molecule has 0 unspecified atom stereocenters. The number of benzene rings is 5. The van der Waals surface area contributed by atoms with Crippen molar-refractivity contribution in [3.63, 3.8) is 0 Å². The van der Waals surface area contributed by atoms with Gasteiger partial charge in [-0.15, -0.1) is 0 Å². The summed E-state index contributed by atoms with van der Waals surface area (Å²) in [6.45, 7) is 1.62. The van der Waals surface area contributed by atoms with Crippen molar-refractivity contribution in [1.82, 2.24) is 52.8 Å². The highest BCUT2D eigenvalue weighted by molar-refractivity contribution is 8.76. The molecule has 7 rings (SSSR count). The standard InChI is InChI=1S/C65H79N13O13S2/c1-37(79)55-63(88)74-50(29-39-14-6-3-7-15-39)59(84)76-54(64(89)90)36-93-92-35-53(75-60(85)51(77-65(68)91)31-41-23-25-44(80)26-24-41)62(87)72-48(28-38-12-4-2-5-13-38)57(82)71-49(30-40-19-21-42(33-67)22-20-40)58(83)73-52(32-43-34-69-46-17-9-8-16-45(43)46)61(86)70-47(56(81)78-55)18-10-11-27-66/h2-9,12-17,19-26,34,37,47-55,69,79-80H,10-11,18,27-33,35-36,66-67H2,1H3,(H,70,86)(H,71,82)(H,72,87)(H,73,83)(H,74,88)(H,75,85)(H,76,84)(H,78,81)(H,89,90)(H3,68,77,91)/t37-,47+,48+,49+,50+,51+,52+,53+,54+,55-/m1/s1. The first-order chi connectivity index (χ1) is 44.7. The van der Waals surface area contributed by atoms with Crippen LogP contribution in [0.3, 0.4) is 0 Å². The lowest BCUT2D eigenvalue weighted by Crippen LogP contribution is -2.62. The number of carboxylic acid groups (broad SMARTS) is 1. The molecule has 6 aromatic rings. The molecular formula is C65H79N13O13S2. The lowest BCUT2D eigenvalue weighted by molar-refractivity contribution is -0.141. The van der Waals surface area contributed by atoms with E-state index >= 15 is 19.2 Å². The molecule has 19 N–H and O–H groups in total. The molecule has 2 heterocycles. The van der Waals surface area contributed by atoms with Crippen LogP contribution in [-0.4, -0.2) is 158 Å². The number of unbranched alkanes of at least 4 members (excludes halogenated alkanes) is 1. The van der Waals surface area contributed by atoms with Gasteiger partial charge in [-0.3, -0.25) is 38.4 Å². The quantitative estimate of drug-likeness (QED) is 0.0370. The molecule has 0 spiro atoms. The van der Waals surface area contributed by atoms with Gasteiger partial charge >= 0.3 is 12.0 Å². The zero-order valence-electron chi connectivity index (χ0n) is 51.0. The number of phenols is 1. The number of phenolic OH excluding ortho intramolecular Hbond substituents is 1. The second-order valence-electron chi connectivity index (χ2n) is 22.4. The maximum absolute atomic E-state index is 15.3. The van der Waals surface area contributed by atoms with Crippen LogP contribution in [0.25, 0.3) is 10.9 Å². The van der Waals surface area contributed by atoms with Crippen LogP contribution in [0.1, 0.15) is 59.6 Å². The van der Waals surface area contributed by atoms with Crippen LogP contribution in [-0.2, 0) is 81.8 Å². The SMILES string of the molecule is C[C@@H](O)[C@H]1NC(=O)[C@H](CCCCN)NC(=O)[C@H](Cc2c[nH]c3ccccc23)NC(=O)[C@H](Cc2ccc(CN)cc2)NC(=O)[C@H](Cc2ccccc2)NC(=O)[C@@H](NC(=O)[C@H](Cc2ccc(O)cc2)NC(N)=O)CSSC[C@@H](C(=O)O)NC(=O)[C@H](Cc2ccccc2)NC1=O. The Bertz CT molecular complexity index is 3530. The van der Waals surface area contributed by atoms with Crippen LogP contribution in [0.15, 0.2) is 140 Å². The second-order valence-corrected chi connectivity index (χ2v) is 25.0. The van der Waals surface area contributed by atoms with Gasteiger partial charge in [0.05, 0.1) is 6.10 Å². The number of H-pyrrole nitrogens is 1. The molecule has 28 heteroatoms. The Kier molecular flexibility index (Phi) is 27.0. The van der Waals surface area contributed by atoms with Gasteiger partial charge in [-0.2, -0.15) is 0 Å². The number of hydrogen-bond acceptors (Lipinski definition) is 16. The monoisotopic (exact) mass is 1310 g/mol. The van der Waals surface area contributed by atoms with Gasteiger partial charge < -0.3 is 85.4 Å². The average molecular weight is 1310 g/mol. The van der Waals surface area contributed by atoms with E-state index in [2.05, 4.69) is 52.8 Å². The molecule has 1 saturated heterocycles. The fourth-order valence-corrected chi connectivity index (χ4v) is 12.6. The third-order valence-electron chi connectivity index (χ3n) is 15.3. The molecular weight excluding hydrogens is 1230 g/mol. The summed E-state index contributed by atoms with van der Waals surface area (Å²) in [5, 5.41) is 56.2. The number of nitrogens with two attached hydrogens (primary N) is 3. The summed E-state index contributed by atoms with van der Waals surface area (Å²) < 4.78 is 0. The maximum atomic E-state index is 15.3. The van der Waals surface area contributed by atoms with E-state index in [1.54, 1.807) is 103 Å². The first-order valence-electron chi connectivity index (χ1n) is 30.2. The number of primary amides is 1. The van der Waals surface area contributed by atoms with E-state index < -0.39 is 120 Å². The number of carbonyl (C=O) groups is 10. The minimum Gasteiger partial charge on any atom is -0.508 e. The van der Waals surface area contributed by atoms with E-state index in [-0.39, 0.29) is 75.3 Å². The highest BCUT2D eigenvalue weighted by Gasteiger charge is 2.37. The van der Waals surface area contributed by atoms with Gasteiger partial charge in [-0.05, 0) is 84.3 Å². The van der Waals surface area contributed by atoms with Gasteiger partial charge in [0.25, 0.3) is 0 Å². The van der Waals surface area contributed by atoms with Crippen molar-refractivity contribution in [1.29, 1.82) is 0 Å². The first-order valence-corrected chi connectivity index (χ1v) is 32.7. The molecule has 10 atom stereocenters. The smallest absolute Gasteiger partial charge is 0.327 e. The summed E-state index contributed by atoms with van der Waals surface area (Å²) >= 11 is 0. The van der Waals surface area contributed by atoms with E-state index in [0.717, 1.165) is 27.2 Å². The van der Waals surface area contributed by atoms with Crippen molar-refractivity contribution >= 4 is 91.7 Å². The van der Waals surface area contributed by atoms with Gasteiger partial charge in [-0.1, -0.05) is 137 Å². The molecule has 0 bridgehead atoms. The topological polar surface area (TPSA) is 434 Å². The number of para-hydroxylation sites is 1. The summed E-state index contributed by atoms with van der Waals surface area (Å²) in [6.07, 6.45) is -0.273. The van der Waals surface area contributed by atoms with Gasteiger partial charge in [-0.25, -0.2) is 9.59 Å². The van der Waals surface area contributed by atoms with Crippen LogP contribution in [0, 0.1) is 0 Å². The van der Waals surface area contributed by atoms with Crippen LogP contribution in [0.5, 0.6) is 5.75 Å².